The van der Waals surface area contributed by atoms with Gasteiger partial charge in [0.05, 0.1) is 30.4 Å². The van der Waals surface area contributed by atoms with Gasteiger partial charge in [-0.15, -0.1) is 0 Å². The molecular weight excluding hydrogens is 552 g/mol. The molecule has 4 aliphatic rings. The Balaban J connectivity index is 1.45. The number of fused-ring (bicyclic) bond motifs is 3. The summed E-state index contributed by atoms with van der Waals surface area (Å²) in [6.45, 7) is 4.21. The Morgan fingerprint density at radius 3 is 2.60 bits per heavy atom. The minimum atomic E-state index is -1.38. The van der Waals surface area contributed by atoms with Crippen LogP contribution in [0.4, 0.5) is 0 Å². The Morgan fingerprint density at radius 2 is 1.88 bits per heavy atom. The minimum Gasteiger partial charge on any atom is -0.510 e. The number of carbonyl (C=O) groups is 3. The molecule has 2 aromatic carbocycles. The van der Waals surface area contributed by atoms with Gasteiger partial charge in [-0.1, -0.05) is 37.3 Å². The van der Waals surface area contributed by atoms with Gasteiger partial charge in [-0.2, -0.15) is 0 Å². The van der Waals surface area contributed by atoms with Crippen molar-refractivity contribution < 1.29 is 34.4 Å². The second kappa shape index (κ2) is 10.9. The van der Waals surface area contributed by atoms with Crippen LogP contribution in [-0.4, -0.2) is 83.8 Å². The highest BCUT2D eigenvalue weighted by Crippen LogP contribution is 2.57. The third kappa shape index (κ3) is 4.37. The topological polar surface area (TPSA) is 174 Å². The number of aromatic hydroxyl groups is 1. The van der Waals surface area contributed by atoms with E-state index < -0.39 is 64.5 Å². The van der Waals surface area contributed by atoms with E-state index in [0.29, 0.717) is 17.7 Å². The quantitative estimate of drug-likeness (QED) is 0.159. The Kier molecular flexibility index (Phi) is 7.37. The lowest BCUT2D eigenvalue weighted by molar-refractivity contribution is -0.178. The summed E-state index contributed by atoms with van der Waals surface area (Å²) in [5.41, 5.74) is 7.90. The second-order valence-electron chi connectivity index (χ2n) is 11.9. The molecule has 2 aromatic rings. The van der Waals surface area contributed by atoms with Gasteiger partial charge in [0.2, 0.25) is 0 Å². The summed E-state index contributed by atoms with van der Waals surface area (Å²) >= 11 is 0. The number of rotatable bonds is 7. The van der Waals surface area contributed by atoms with E-state index in [2.05, 4.69) is 10.6 Å². The Morgan fingerprint density at radius 1 is 1.12 bits per heavy atom. The molecule has 1 aliphatic heterocycles. The van der Waals surface area contributed by atoms with Crippen LogP contribution in [0, 0.1) is 17.8 Å². The molecule has 43 heavy (non-hydrogen) atoms. The molecule has 0 spiro atoms. The molecular formula is C32H36N4O7. The number of phenols is 1. The Bertz CT molecular complexity index is 1600. The first-order chi connectivity index (χ1) is 20.6. The number of ketones is 2. The van der Waals surface area contributed by atoms with Crippen molar-refractivity contribution >= 4 is 23.2 Å². The van der Waals surface area contributed by atoms with Gasteiger partial charge in [0, 0.05) is 42.6 Å². The summed E-state index contributed by atoms with van der Waals surface area (Å²) in [6.07, 6.45) is -0.723. The molecule has 0 radical (unpaired) electrons. The third-order valence-electron chi connectivity index (χ3n) is 9.47. The molecule has 226 valence electrons. The summed E-state index contributed by atoms with van der Waals surface area (Å²) in [5.74, 6) is -6.88. The maximum atomic E-state index is 14.2. The number of aliphatic hydroxyl groups excluding tert-OH is 2. The molecule has 3 aliphatic carbocycles. The van der Waals surface area contributed by atoms with E-state index in [0.717, 1.165) is 24.2 Å². The average Bonchev–Trinajstić information content (AvgIpc) is 2.97. The fourth-order valence-corrected chi connectivity index (χ4v) is 7.52. The summed E-state index contributed by atoms with van der Waals surface area (Å²) < 4.78 is 6.21. The van der Waals surface area contributed by atoms with E-state index in [4.69, 9.17) is 10.5 Å². The zero-order valence-electron chi connectivity index (χ0n) is 24.3. The van der Waals surface area contributed by atoms with Gasteiger partial charge < -0.3 is 36.4 Å². The molecule has 11 nitrogen and oxygen atoms in total. The molecule has 1 amide bonds. The van der Waals surface area contributed by atoms with Gasteiger partial charge in [-0.25, -0.2) is 0 Å². The number of nitrogens with one attached hydrogen (secondary N) is 2. The van der Waals surface area contributed by atoms with Crippen molar-refractivity contribution in [2.75, 3.05) is 33.9 Å². The van der Waals surface area contributed by atoms with Crippen molar-refractivity contribution in [2.45, 2.75) is 31.5 Å². The smallest absolute Gasteiger partial charge is 0.255 e. The molecule has 6 atom stereocenters. The number of likely N-dealkylation sites (N-methyl/N-ethyl adjacent to an activating group) is 2. The average molecular weight is 589 g/mol. The van der Waals surface area contributed by atoms with Crippen LogP contribution in [0.3, 0.4) is 0 Å². The van der Waals surface area contributed by atoms with E-state index in [1.54, 1.807) is 18.0 Å². The maximum absolute atomic E-state index is 14.2. The van der Waals surface area contributed by atoms with E-state index in [9.17, 15) is 29.7 Å². The summed E-state index contributed by atoms with van der Waals surface area (Å²) in [6, 6.07) is 10.5. The van der Waals surface area contributed by atoms with E-state index >= 15 is 0 Å². The first kappa shape index (κ1) is 29.1. The standard InChI is InChI=1S/C32H36N4O7/c1-14-17-7-8-18(16-6-4-5-15(11-16)12-35-10-9-34-2)26(37)20(17)27(38)22-19(14)31-21-23(28(22)39)29(40)24(32(33)42)30(41)25(21)36(3)13-43-31/h4-8,11,14,19,21,23,25,31,34-35,37-38,41H,9-10,12-13H2,1-3H3,(H2,33,42)/t14-,19+,21+,23?,25-,31-/m0/s1. The monoisotopic (exact) mass is 588 g/mol. The fourth-order valence-electron chi connectivity index (χ4n) is 7.52. The van der Waals surface area contributed by atoms with Crippen LogP contribution in [0.15, 0.2) is 53.3 Å². The van der Waals surface area contributed by atoms with Crippen LogP contribution in [0.2, 0.25) is 0 Å². The van der Waals surface area contributed by atoms with Crippen LogP contribution in [0.25, 0.3) is 16.9 Å². The number of primary amides is 1. The maximum Gasteiger partial charge on any atom is 0.255 e. The number of hydrogen-bond acceptors (Lipinski definition) is 10. The molecule has 1 heterocycles. The number of Topliss-reactive ketones (excluding diaryl/α,β-unsaturated/α-hetero) is 2. The Labute approximate surface area is 249 Å². The van der Waals surface area contributed by atoms with Crippen molar-refractivity contribution in [2.24, 2.45) is 23.5 Å². The number of benzene rings is 2. The van der Waals surface area contributed by atoms with E-state index in [1.165, 1.54) is 0 Å². The molecule has 0 bridgehead atoms. The number of amides is 1. The SMILES string of the molecule is CNCCNCc1cccc(-c2ccc3c(c2O)C(O)=C2C(=O)C4C(=O)C(C(N)=O)=C(O)[C@@H]5[C@@H]4[C@@H](OCN5C)[C@@H]2[C@H]3C)c1. The predicted octanol–water partition coefficient (Wildman–Crippen LogP) is 1.72. The van der Waals surface area contributed by atoms with E-state index in [1.807, 2.05) is 44.3 Å². The molecule has 11 heteroatoms. The first-order valence-electron chi connectivity index (χ1n) is 14.5. The molecule has 2 fully saturated rings. The molecule has 6 rings (SSSR count). The molecule has 7 N–H and O–H groups in total. The molecule has 1 unspecified atom stereocenters. The molecule has 0 aromatic heterocycles. The molecule has 1 saturated carbocycles. The van der Waals surface area contributed by atoms with E-state index in [-0.39, 0.29) is 29.5 Å². The van der Waals surface area contributed by atoms with Crippen LogP contribution >= 0.6 is 0 Å². The van der Waals surface area contributed by atoms with Gasteiger partial charge in [-0.3, -0.25) is 19.3 Å². The summed E-state index contributed by atoms with van der Waals surface area (Å²) in [5, 5.41) is 40.8. The van der Waals surface area contributed by atoms with Gasteiger partial charge in [-0.05, 0) is 42.8 Å². The van der Waals surface area contributed by atoms with Crippen LogP contribution in [0.5, 0.6) is 5.75 Å². The largest absolute Gasteiger partial charge is 0.510 e. The van der Waals surface area contributed by atoms with Gasteiger partial charge >= 0.3 is 0 Å². The number of phenolic OH excluding ortho intramolecular Hbond substituents is 1. The van der Waals surface area contributed by atoms with Gasteiger partial charge in [0.25, 0.3) is 5.91 Å². The van der Waals surface area contributed by atoms with Gasteiger partial charge in [0.1, 0.15) is 22.8 Å². The lowest BCUT2D eigenvalue weighted by Crippen LogP contribution is -2.65. The summed E-state index contributed by atoms with van der Waals surface area (Å²) in [7, 11) is 3.56. The highest BCUT2D eigenvalue weighted by Gasteiger charge is 2.63. The van der Waals surface area contributed by atoms with Crippen molar-refractivity contribution in [1.29, 1.82) is 0 Å². The summed E-state index contributed by atoms with van der Waals surface area (Å²) in [4.78, 5) is 41.6. The number of aliphatic hydroxyl groups is 2. The van der Waals surface area contributed by atoms with Crippen molar-refractivity contribution in [3.8, 4) is 16.9 Å². The highest BCUT2D eigenvalue weighted by atomic mass is 16.5. The van der Waals surface area contributed by atoms with Crippen molar-refractivity contribution in [1.82, 2.24) is 15.5 Å². The number of carbonyl (C=O) groups excluding carboxylic acids is 3. The number of nitrogens with two attached hydrogens (primary N) is 1. The highest BCUT2D eigenvalue weighted by molar-refractivity contribution is 6.28. The lowest BCUT2D eigenvalue weighted by Gasteiger charge is -2.55. The zero-order chi connectivity index (χ0) is 30.7. The van der Waals surface area contributed by atoms with Crippen molar-refractivity contribution in [3.63, 3.8) is 0 Å². The van der Waals surface area contributed by atoms with Crippen molar-refractivity contribution in [3.05, 3.63) is 70.0 Å². The fraction of sp³-hybridized carbons (Fsp3) is 0.406. The predicted molar refractivity (Wildman–Crippen MR) is 158 cm³/mol. The number of nitrogens with zero attached hydrogens (tertiary/aromatic N) is 1. The van der Waals surface area contributed by atoms with Crippen LogP contribution in [-0.2, 0) is 25.7 Å². The Hall–Kier alpha value is -4.03. The first-order valence-corrected chi connectivity index (χ1v) is 14.5. The molecule has 1 saturated heterocycles. The lowest BCUT2D eigenvalue weighted by atomic mass is 9.55. The normalized spacial score (nSPS) is 28.4. The minimum absolute atomic E-state index is 0.0111. The van der Waals surface area contributed by atoms with Crippen LogP contribution in [0.1, 0.15) is 29.5 Å². The van der Waals surface area contributed by atoms with Crippen LogP contribution < -0.4 is 16.4 Å². The zero-order valence-corrected chi connectivity index (χ0v) is 24.3. The third-order valence-corrected chi connectivity index (χ3v) is 9.47. The second-order valence-corrected chi connectivity index (χ2v) is 11.9. The number of hydrogen-bond donors (Lipinski definition) is 6. The number of ether oxygens (including phenoxy) is 1. The van der Waals surface area contributed by atoms with Gasteiger partial charge in [0.15, 0.2) is 11.6 Å².